The highest BCUT2D eigenvalue weighted by molar-refractivity contribution is 6.06. The summed E-state index contributed by atoms with van der Waals surface area (Å²) in [5, 5.41) is 6.50. The number of nitrogens with one attached hydrogen (secondary N) is 2. The predicted molar refractivity (Wildman–Crippen MR) is 176 cm³/mol. The molecule has 0 aliphatic carbocycles. The Hall–Kier alpha value is -2.82. The van der Waals surface area contributed by atoms with Crippen LogP contribution in [0.1, 0.15) is 62.4 Å². The average Bonchev–Trinajstić information content (AvgIpc) is 2.91. The van der Waals surface area contributed by atoms with Gasteiger partial charge in [0.25, 0.3) is 0 Å². The zero-order valence-electron chi connectivity index (χ0n) is 26.7. The van der Waals surface area contributed by atoms with Gasteiger partial charge in [0.1, 0.15) is 11.7 Å². The number of nitrogens with zero attached hydrogens (tertiary/aromatic N) is 6. The van der Waals surface area contributed by atoms with Crippen molar-refractivity contribution in [2.24, 2.45) is 32.0 Å². The minimum absolute atomic E-state index is 0. The fraction of sp³-hybridized carbons (Fsp3) is 0.667. The lowest BCUT2D eigenvalue weighted by Crippen LogP contribution is -2.43. The molecule has 10 heteroatoms. The summed E-state index contributed by atoms with van der Waals surface area (Å²) in [7, 11) is 9.81. The van der Waals surface area contributed by atoms with Crippen LogP contribution in [0, 0.1) is 11.3 Å². The molecule has 0 spiro atoms. The highest BCUT2D eigenvalue weighted by Crippen LogP contribution is 2.30. The molecule has 2 unspecified atom stereocenters. The zero-order chi connectivity index (χ0) is 30.1. The lowest BCUT2D eigenvalue weighted by atomic mass is 9.79. The number of guanidine groups is 1. The molecule has 0 saturated carbocycles. The summed E-state index contributed by atoms with van der Waals surface area (Å²) in [5.74, 6) is 2.11. The maximum Gasteiger partial charge on any atom is 0.224 e. The van der Waals surface area contributed by atoms with E-state index in [2.05, 4.69) is 62.3 Å². The number of pyridine rings is 1. The molecule has 0 amide bonds. The van der Waals surface area contributed by atoms with Crippen LogP contribution < -0.4 is 21.3 Å². The number of hydrogen-bond donors (Lipinski definition) is 3. The Morgan fingerprint density at radius 1 is 1.23 bits per heavy atom. The minimum atomic E-state index is -0.199. The van der Waals surface area contributed by atoms with E-state index in [0.717, 1.165) is 43.2 Å². The van der Waals surface area contributed by atoms with Crippen molar-refractivity contribution >= 4 is 23.8 Å². The van der Waals surface area contributed by atoms with Crippen LogP contribution in [0.2, 0.25) is 0 Å². The molecule has 0 aromatic carbocycles. The molecule has 4 N–H and O–H groups in total. The second kappa shape index (κ2) is 18.5. The monoisotopic (exact) mass is 561 g/mol. The number of amidine groups is 1. The van der Waals surface area contributed by atoms with Crippen molar-refractivity contribution in [2.75, 3.05) is 59.9 Å². The third kappa shape index (κ3) is 12.1. The van der Waals surface area contributed by atoms with Gasteiger partial charge in [0.15, 0.2) is 0 Å². The van der Waals surface area contributed by atoms with Crippen LogP contribution in [0.15, 0.2) is 45.1 Å². The Labute approximate surface area is 246 Å². The standard InChI is InChI=1S/C30H55N9O.2H2/c1-11-14-24(17-18-38(7)8)34-21-26(19-31)36-29(33-12-2)37-28(23(3)30(4,5)22-40-10)39(9)27-16-13-15-25(35-27)20-32-6;;/h13,15-16,19,21,23-24,32H,11-12,14,17-18,20,22,31H2,1-10H3,(H,33,36);2*1H/b26-19+,34-21?,37-28+;;. The van der Waals surface area contributed by atoms with Crippen LogP contribution in [-0.2, 0) is 11.3 Å². The second-order valence-corrected chi connectivity index (χ2v) is 11.0. The summed E-state index contributed by atoms with van der Waals surface area (Å²) in [5.41, 5.74) is 7.43. The Morgan fingerprint density at radius 2 is 1.95 bits per heavy atom. The van der Waals surface area contributed by atoms with Gasteiger partial charge < -0.3 is 30.9 Å². The summed E-state index contributed by atoms with van der Waals surface area (Å²) in [6.45, 7) is 13.5. The third-order valence-electron chi connectivity index (χ3n) is 6.83. The fourth-order valence-electron chi connectivity index (χ4n) is 4.19. The van der Waals surface area contributed by atoms with Gasteiger partial charge in [-0.05, 0) is 65.0 Å². The summed E-state index contributed by atoms with van der Waals surface area (Å²) in [6.07, 6.45) is 6.41. The summed E-state index contributed by atoms with van der Waals surface area (Å²) in [6, 6.07) is 6.25. The largest absolute Gasteiger partial charge is 0.403 e. The van der Waals surface area contributed by atoms with Crippen LogP contribution in [0.4, 0.5) is 5.82 Å². The zero-order valence-corrected chi connectivity index (χ0v) is 26.7. The number of nitrogens with two attached hydrogens (primary N) is 1. The highest BCUT2D eigenvalue weighted by Gasteiger charge is 2.33. The van der Waals surface area contributed by atoms with E-state index in [-0.39, 0.29) is 20.2 Å². The molecule has 0 aliphatic rings. The average molecular weight is 562 g/mol. The summed E-state index contributed by atoms with van der Waals surface area (Å²) in [4.78, 5) is 23.7. The van der Waals surface area contributed by atoms with Crippen molar-refractivity contribution in [3.05, 3.63) is 35.8 Å². The van der Waals surface area contributed by atoms with Gasteiger partial charge in [0, 0.05) is 48.4 Å². The molecule has 10 nitrogen and oxygen atoms in total. The van der Waals surface area contributed by atoms with Gasteiger partial charge in [0.2, 0.25) is 5.96 Å². The molecule has 1 heterocycles. The van der Waals surface area contributed by atoms with Crippen molar-refractivity contribution in [3.8, 4) is 0 Å². The molecule has 0 radical (unpaired) electrons. The van der Waals surface area contributed by atoms with Crippen molar-refractivity contribution in [3.63, 3.8) is 0 Å². The maximum absolute atomic E-state index is 6.02. The van der Waals surface area contributed by atoms with Gasteiger partial charge in [-0.25, -0.2) is 4.98 Å². The van der Waals surface area contributed by atoms with Crippen molar-refractivity contribution in [1.29, 1.82) is 0 Å². The fourth-order valence-corrected chi connectivity index (χ4v) is 4.19. The molecule has 0 saturated heterocycles. The van der Waals surface area contributed by atoms with Gasteiger partial charge in [-0.2, -0.15) is 4.99 Å². The maximum atomic E-state index is 6.02. The number of rotatable bonds is 16. The van der Waals surface area contributed by atoms with Gasteiger partial charge in [0.05, 0.1) is 24.0 Å². The SMILES string of the molecule is CCCC(CCN(C)C)N=C/C(=C\N)NC(=NCC)/N=C(\C(C)C(C)(C)COC)N(C)c1cccc(CNC)n1.[HH].[HH]. The van der Waals surface area contributed by atoms with E-state index in [1.54, 1.807) is 13.3 Å². The molecule has 40 heavy (non-hydrogen) atoms. The first-order chi connectivity index (χ1) is 19.0. The Morgan fingerprint density at radius 3 is 2.52 bits per heavy atom. The molecule has 1 aromatic rings. The predicted octanol–water partition coefficient (Wildman–Crippen LogP) is 4.39. The quantitative estimate of drug-likeness (QED) is 0.202. The number of allylic oxidation sites excluding steroid dienone is 1. The summed E-state index contributed by atoms with van der Waals surface area (Å²) < 4.78 is 5.57. The Balaban J connectivity index is 0. The van der Waals surface area contributed by atoms with Crippen LogP contribution >= 0.6 is 0 Å². The lowest BCUT2D eigenvalue weighted by molar-refractivity contribution is 0.0850. The number of ether oxygens (including phenoxy) is 1. The van der Waals surface area contributed by atoms with Gasteiger partial charge >= 0.3 is 0 Å². The van der Waals surface area contributed by atoms with Crippen molar-refractivity contribution in [1.82, 2.24) is 20.5 Å². The smallest absolute Gasteiger partial charge is 0.224 e. The molecule has 230 valence electrons. The third-order valence-corrected chi connectivity index (χ3v) is 6.83. The van der Waals surface area contributed by atoms with Gasteiger partial charge in [-0.1, -0.05) is 40.2 Å². The highest BCUT2D eigenvalue weighted by atomic mass is 16.5. The number of anilines is 1. The first kappa shape index (κ1) is 35.2. The minimum Gasteiger partial charge on any atom is -0.403 e. The van der Waals surface area contributed by atoms with Crippen molar-refractivity contribution in [2.45, 2.75) is 66.5 Å². The molecular formula is C30H59N9O. The summed E-state index contributed by atoms with van der Waals surface area (Å²) >= 11 is 0. The van der Waals surface area contributed by atoms with E-state index in [4.69, 9.17) is 25.4 Å². The normalized spacial score (nSPS) is 15.1. The lowest BCUT2D eigenvalue weighted by Gasteiger charge is -2.35. The van der Waals surface area contributed by atoms with Gasteiger partial charge in [-0.15, -0.1) is 0 Å². The molecule has 1 aromatic heterocycles. The second-order valence-electron chi connectivity index (χ2n) is 11.0. The van der Waals surface area contributed by atoms with E-state index in [1.165, 1.54) is 6.20 Å². The van der Waals surface area contributed by atoms with E-state index < -0.39 is 0 Å². The van der Waals surface area contributed by atoms with Gasteiger partial charge in [-0.3, -0.25) is 9.98 Å². The molecule has 2 atom stereocenters. The van der Waals surface area contributed by atoms with E-state index in [0.29, 0.717) is 31.4 Å². The number of hydrogen-bond acceptors (Lipinski definition) is 7. The van der Waals surface area contributed by atoms with Crippen LogP contribution in [0.5, 0.6) is 0 Å². The number of aliphatic imine (C=N–C) groups is 3. The molecule has 1 rings (SSSR count). The number of methoxy groups -OCH3 is 1. The van der Waals surface area contributed by atoms with E-state index >= 15 is 0 Å². The van der Waals surface area contributed by atoms with E-state index in [9.17, 15) is 0 Å². The van der Waals surface area contributed by atoms with Crippen LogP contribution in [0.25, 0.3) is 0 Å². The Bertz CT molecular complexity index is 997. The molecule has 0 aliphatic heterocycles. The first-order valence-electron chi connectivity index (χ1n) is 14.4. The van der Waals surface area contributed by atoms with E-state index in [1.807, 2.05) is 44.1 Å². The molecule has 0 bridgehead atoms. The first-order valence-corrected chi connectivity index (χ1v) is 14.4. The van der Waals surface area contributed by atoms with Crippen LogP contribution in [0.3, 0.4) is 0 Å². The Kier molecular flexibility index (Phi) is 16.3. The van der Waals surface area contributed by atoms with Crippen LogP contribution in [-0.4, -0.2) is 88.9 Å². The molecule has 0 fully saturated rings. The topological polar surface area (TPSA) is 116 Å². The molecular weight excluding hydrogens is 502 g/mol. The number of aromatic nitrogens is 1. The van der Waals surface area contributed by atoms with Crippen molar-refractivity contribution < 1.29 is 7.59 Å².